The summed E-state index contributed by atoms with van der Waals surface area (Å²) in [6, 6.07) is 14.3. The van der Waals surface area contributed by atoms with E-state index >= 15 is 0 Å². The number of nitrogens with one attached hydrogen (secondary N) is 1. The van der Waals surface area contributed by atoms with Crippen LogP contribution in [0, 0.1) is 0 Å². The molecule has 0 bridgehead atoms. The van der Waals surface area contributed by atoms with E-state index in [2.05, 4.69) is 5.32 Å². The lowest BCUT2D eigenvalue weighted by atomic mass is 10.0. The number of halogens is 2. The molecule has 2 rings (SSSR count). The molecular weight excluding hydrogens is 419 g/mol. The Bertz CT molecular complexity index is 822. The normalized spacial score (nSPS) is 12.8. The molecule has 162 valence electrons. The third-order valence-corrected chi connectivity index (χ3v) is 5.83. The van der Waals surface area contributed by atoms with Crippen LogP contribution in [-0.2, 0) is 22.6 Å². The Labute approximate surface area is 189 Å². The Morgan fingerprint density at radius 1 is 1.00 bits per heavy atom. The Kier molecular flexibility index (Phi) is 9.67. The molecule has 0 fully saturated rings. The third kappa shape index (κ3) is 6.75. The summed E-state index contributed by atoms with van der Waals surface area (Å²) in [5.41, 5.74) is 1.64. The van der Waals surface area contributed by atoms with Gasteiger partial charge in [0.2, 0.25) is 11.8 Å². The molecule has 0 aliphatic heterocycles. The molecule has 1 N–H and O–H groups in total. The summed E-state index contributed by atoms with van der Waals surface area (Å²) >= 11 is 12.8. The number of hydrogen-bond acceptors (Lipinski definition) is 2. The maximum absolute atomic E-state index is 13.3. The summed E-state index contributed by atoms with van der Waals surface area (Å²) in [6.45, 7) is 6.11. The van der Waals surface area contributed by atoms with Crippen molar-refractivity contribution in [2.75, 3.05) is 0 Å². The van der Waals surface area contributed by atoms with Gasteiger partial charge >= 0.3 is 0 Å². The fraction of sp³-hybridized carbons (Fsp3) is 0.417. The molecule has 4 nitrogen and oxygen atoms in total. The lowest BCUT2D eigenvalue weighted by molar-refractivity contribution is -0.141. The van der Waals surface area contributed by atoms with Crippen LogP contribution in [0.4, 0.5) is 0 Å². The lowest BCUT2D eigenvalue weighted by Gasteiger charge is -2.32. The van der Waals surface area contributed by atoms with E-state index in [4.69, 9.17) is 23.2 Å². The minimum Gasteiger partial charge on any atom is -0.352 e. The van der Waals surface area contributed by atoms with Gasteiger partial charge < -0.3 is 10.2 Å². The van der Waals surface area contributed by atoms with Gasteiger partial charge in [0.15, 0.2) is 0 Å². The number of benzene rings is 2. The highest BCUT2D eigenvalue weighted by Gasteiger charge is 2.31. The van der Waals surface area contributed by atoms with Crippen molar-refractivity contribution in [3.8, 4) is 0 Å². The molecule has 0 radical (unpaired) electrons. The molecule has 0 saturated heterocycles. The molecule has 30 heavy (non-hydrogen) atoms. The minimum atomic E-state index is -0.659. The standard InChI is InChI=1S/C24H30Cl2N2O2/c1-4-10-23(29)28(16-19-20(25)13-9-14-21(19)26)22(24(30)27-17(3)5-2)15-18-11-7-6-8-12-18/h6-9,11-14,17,22H,4-5,10,15-16H2,1-3H3,(H,27,30)/t17-,22+/m0/s1. The van der Waals surface area contributed by atoms with E-state index in [0.717, 1.165) is 12.0 Å². The average Bonchev–Trinajstić information content (AvgIpc) is 2.73. The summed E-state index contributed by atoms with van der Waals surface area (Å²) in [5, 5.41) is 4.01. The first-order chi connectivity index (χ1) is 14.4. The number of rotatable bonds is 10. The van der Waals surface area contributed by atoms with Crippen LogP contribution in [0.25, 0.3) is 0 Å². The van der Waals surface area contributed by atoms with Crippen molar-refractivity contribution in [2.24, 2.45) is 0 Å². The second-order valence-corrected chi connectivity index (χ2v) is 8.31. The predicted molar refractivity (Wildman–Crippen MR) is 124 cm³/mol. The Balaban J connectivity index is 2.44. The molecule has 0 aliphatic rings. The van der Waals surface area contributed by atoms with Crippen molar-refractivity contribution in [1.82, 2.24) is 10.2 Å². The molecule has 2 aromatic rings. The zero-order chi connectivity index (χ0) is 22.1. The molecule has 0 aromatic heterocycles. The fourth-order valence-electron chi connectivity index (χ4n) is 3.21. The maximum Gasteiger partial charge on any atom is 0.243 e. The number of carbonyl (C=O) groups excluding carboxylic acids is 2. The number of amides is 2. The average molecular weight is 449 g/mol. The molecule has 2 aromatic carbocycles. The fourth-order valence-corrected chi connectivity index (χ4v) is 3.72. The summed E-state index contributed by atoms with van der Waals surface area (Å²) < 4.78 is 0. The molecule has 2 amide bonds. The van der Waals surface area contributed by atoms with Gasteiger partial charge in [-0.3, -0.25) is 9.59 Å². The number of nitrogens with zero attached hydrogens (tertiary/aromatic N) is 1. The number of hydrogen-bond donors (Lipinski definition) is 1. The summed E-state index contributed by atoms with van der Waals surface area (Å²) in [4.78, 5) is 28.0. The summed E-state index contributed by atoms with van der Waals surface area (Å²) in [5.74, 6) is -0.255. The van der Waals surface area contributed by atoms with Gasteiger partial charge in [-0.2, -0.15) is 0 Å². The highest BCUT2D eigenvalue weighted by Crippen LogP contribution is 2.27. The molecule has 0 spiro atoms. The van der Waals surface area contributed by atoms with Crippen LogP contribution in [0.3, 0.4) is 0 Å². The van der Waals surface area contributed by atoms with Crippen LogP contribution >= 0.6 is 23.2 Å². The van der Waals surface area contributed by atoms with Crippen LogP contribution in [0.15, 0.2) is 48.5 Å². The Morgan fingerprint density at radius 2 is 1.63 bits per heavy atom. The largest absolute Gasteiger partial charge is 0.352 e. The molecule has 0 saturated carbocycles. The Morgan fingerprint density at radius 3 is 2.20 bits per heavy atom. The SMILES string of the molecule is CCCC(=O)N(Cc1c(Cl)cccc1Cl)[C@H](Cc1ccccc1)C(=O)N[C@@H](C)CC. The first-order valence-electron chi connectivity index (χ1n) is 10.4. The third-order valence-electron chi connectivity index (χ3n) is 5.13. The highest BCUT2D eigenvalue weighted by molar-refractivity contribution is 6.36. The summed E-state index contributed by atoms with van der Waals surface area (Å²) in [7, 11) is 0. The molecule has 0 unspecified atom stereocenters. The van der Waals surface area contributed by atoms with Gasteiger partial charge in [-0.1, -0.05) is 73.4 Å². The lowest BCUT2D eigenvalue weighted by Crippen LogP contribution is -2.52. The van der Waals surface area contributed by atoms with Gasteiger partial charge in [0.25, 0.3) is 0 Å². The van der Waals surface area contributed by atoms with Crippen molar-refractivity contribution in [3.63, 3.8) is 0 Å². The highest BCUT2D eigenvalue weighted by atomic mass is 35.5. The summed E-state index contributed by atoms with van der Waals surface area (Å²) in [6.07, 6.45) is 2.27. The smallest absolute Gasteiger partial charge is 0.243 e. The maximum atomic E-state index is 13.3. The number of carbonyl (C=O) groups is 2. The minimum absolute atomic E-state index is 0.0165. The van der Waals surface area contributed by atoms with Crippen LogP contribution in [0.1, 0.15) is 51.2 Å². The van der Waals surface area contributed by atoms with E-state index in [1.165, 1.54) is 0 Å². The molecule has 0 heterocycles. The predicted octanol–water partition coefficient (Wildman–Crippen LogP) is 5.65. The molecule has 2 atom stereocenters. The van der Waals surface area contributed by atoms with Crippen molar-refractivity contribution < 1.29 is 9.59 Å². The van der Waals surface area contributed by atoms with Gasteiger partial charge in [-0.25, -0.2) is 0 Å². The first-order valence-corrected chi connectivity index (χ1v) is 11.2. The van der Waals surface area contributed by atoms with Crippen molar-refractivity contribution in [3.05, 3.63) is 69.7 Å². The van der Waals surface area contributed by atoms with Crippen molar-refractivity contribution in [1.29, 1.82) is 0 Å². The molecule has 6 heteroatoms. The van der Waals surface area contributed by atoms with Crippen molar-refractivity contribution in [2.45, 2.75) is 65.1 Å². The second-order valence-electron chi connectivity index (χ2n) is 7.50. The van der Waals surface area contributed by atoms with Crippen LogP contribution in [0.2, 0.25) is 10.0 Å². The van der Waals surface area contributed by atoms with Gasteiger partial charge in [0.05, 0.1) is 0 Å². The van der Waals surface area contributed by atoms with Gasteiger partial charge in [0.1, 0.15) is 6.04 Å². The van der Waals surface area contributed by atoms with Crippen LogP contribution in [0.5, 0.6) is 0 Å². The van der Waals surface area contributed by atoms with Gasteiger partial charge in [0, 0.05) is 41.0 Å². The van der Waals surface area contributed by atoms with E-state index in [-0.39, 0.29) is 24.4 Å². The van der Waals surface area contributed by atoms with E-state index in [9.17, 15) is 9.59 Å². The van der Waals surface area contributed by atoms with Crippen LogP contribution < -0.4 is 5.32 Å². The van der Waals surface area contributed by atoms with E-state index in [0.29, 0.717) is 34.9 Å². The zero-order valence-corrected chi connectivity index (χ0v) is 19.3. The second kappa shape index (κ2) is 12.0. The topological polar surface area (TPSA) is 49.4 Å². The molecule has 0 aliphatic carbocycles. The quantitative estimate of drug-likeness (QED) is 0.510. The molecular formula is C24H30Cl2N2O2. The van der Waals surface area contributed by atoms with Crippen molar-refractivity contribution >= 4 is 35.0 Å². The van der Waals surface area contributed by atoms with E-state index < -0.39 is 6.04 Å². The zero-order valence-electron chi connectivity index (χ0n) is 17.8. The monoisotopic (exact) mass is 448 g/mol. The first kappa shape index (κ1) is 24.2. The van der Waals surface area contributed by atoms with Crippen LogP contribution in [-0.4, -0.2) is 28.8 Å². The van der Waals surface area contributed by atoms with E-state index in [1.807, 2.05) is 51.1 Å². The van der Waals surface area contributed by atoms with Gasteiger partial charge in [-0.15, -0.1) is 0 Å². The van der Waals surface area contributed by atoms with Gasteiger partial charge in [-0.05, 0) is 37.5 Å². The Hall–Kier alpha value is -2.04. The van der Waals surface area contributed by atoms with E-state index in [1.54, 1.807) is 23.1 Å².